The number of hydrogen-bond acceptors (Lipinski definition) is 2. The molecule has 0 amide bonds. The summed E-state index contributed by atoms with van der Waals surface area (Å²) in [6.07, 6.45) is -6.18. The van der Waals surface area contributed by atoms with E-state index in [4.69, 9.17) is 9.84 Å². The molecule has 1 heterocycles. The lowest BCUT2D eigenvalue weighted by Gasteiger charge is -2.27. The number of para-hydroxylation sites is 1. The van der Waals surface area contributed by atoms with Crippen LogP contribution in [-0.4, -0.2) is 23.4 Å². The predicted octanol–water partition coefficient (Wildman–Crippen LogP) is 3.55. The molecule has 1 N–H and O–H groups in total. The van der Waals surface area contributed by atoms with Crippen LogP contribution in [0.5, 0.6) is 5.75 Å². The fourth-order valence-corrected chi connectivity index (χ4v) is 1.79. The summed E-state index contributed by atoms with van der Waals surface area (Å²) in [5, 5.41) is 8.82. The van der Waals surface area contributed by atoms with Crippen LogP contribution >= 0.6 is 0 Å². The van der Waals surface area contributed by atoms with Crippen molar-refractivity contribution in [2.75, 3.05) is 0 Å². The molecule has 23 heavy (non-hydrogen) atoms. The standard InChI is InChI=1S/C12H9F3O3.5FH/c1-6-3-2-4-7-5-8(11(16)17)10(12(13,14)15)18-9(6)7;;;;;/h2-5,10H,1H3,(H,16,17);5*1H. The zero-order valence-electron chi connectivity index (χ0n) is 11.3. The Morgan fingerprint density at radius 1 is 1.13 bits per heavy atom. The minimum atomic E-state index is -4.76. The van der Waals surface area contributed by atoms with E-state index in [2.05, 4.69) is 0 Å². The van der Waals surface area contributed by atoms with E-state index in [1.54, 1.807) is 19.1 Å². The Hall–Kier alpha value is -2.33. The van der Waals surface area contributed by atoms with Gasteiger partial charge >= 0.3 is 12.1 Å². The maximum Gasteiger partial charge on any atom is 0.430 e. The summed E-state index contributed by atoms with van der Waals surface area (Å²) < 4.78 is 43.1. The van der Waals surface area contributed by atoms with Crippen molar-refractivity contribution < 1.29 is 51.3 Å². The highest BCUT2D eigenvalue weighted by atomic mass is 19.4. The Labute approximate surface area is 124 Å². The Morgan fingerprint density at radius 3 is 2.09 bits per heavy atom. The second kappa shape index (κ2) is 9.64. The van der Waals surface area contributed by atoms with Gasteiger partial charge in [0, 0.05) is 5.56 Å². The Balaban J connectivity index is -0.000000361. The van der Waals surface area contributed by atoms with Crippen molar-refractivity contribution in [2.24, 2.45) is 0 Å². The summed E-state index contributed by atoms with van der Waals surface area (Å²) in [6, 6.07) is 4.74. The van der Waals surface area contributed by atoms with Gasteiger partial charge in [0.2, 0.25) is 6.10 Å². The molecule has 0 fully saturated rings. The summed E-state index contributed by atoms with van der Waals surface area (Å²) in [5.74, 6) is -1.56. The molecule has 1 unspecified atom stereocenters. The lowest BCUT2D eigenvalue weighted by atomic mass is 9.99. The third-order valence-corrected chi connectivity index (χ3v) is 2.62. The number of hydrogen-bond donors (Lipinski definition) is 1. The third kappa shape index (κ3) is 5.42. The highest BCUT2D eigenvalue weighted by Gasteiger charge is 2.48. The molecule has 0 bridgehead atoms. The smallest absolute Gasteiger partial charge is 0.430 e. The molecule has 1 aromatic rings. The summed E-state index contributed by atoms with van der Waals surface area (Å²) in [7, 11) is 0. The van der Waals surface area contributed by atoms with E-state index in [-0.39, 0.29) is 29.3 Å². The predicted molar refractivity (Wildman–Crippen MR) is 69.8 cm³/mol. The average Bonchev–Trinajstić information content (AvgIpc) is 2.26. The molecule has 1 aliphatic rings. The van der Waals surface area contributed by atoms with Crippen LogP contribution in [-0.2, 0) is 4.79 Å². The molecule has 0 radical (unpaired) electrons. The van der Waals surface area contributed by atoms with Crippen molar-refractivity contribution in [3.63, 3.8) is 0 Å². The van der Waals surface area contributed by atoms with Crippen molar-refractivity contribution >= 4 is 12.0 Å². The average molecular weight is 358 g/mol. The first-order valence-corrected chi connectivity index (χ1v) is 5.08. The molecule has 0 saturated carbocycles. The molecular weight excluding hydrogens is 344 g/mol. The SMILES string of the molecule is Cc1cccc2c1OC(C(F)(F)F)C(C(=O)O)=C2.F.F.F.F.F. The van der Waals surface area contributed by atoms with Crippen LogP contribution in [0.3, 0.4) is 0 Å². The normalized spacial score (nSPS) is 14.6. The van der Waals surface area contributed by atoms with Crippen LogP contribution in [0.2, 0.25) is 0 Å². The molecule has 0 saturated heterocycles. The van der Waals surface area contributed by atoms with Crippen LogP contribution in [0.1, 0.15) is 11.1 Å². The first-order chi connectivity index (χ1) is 8.30. The number of alkyl halides is 3. The van der Waals surface area contributed by atoms with Gasteiger partial charge in [-0.15, -0.1) is 0 Å². The van der Waals surface area contributed by atoms with Crippen LogP contribution in [0.15, 0.2) is 23.8 Å². The van der Waals surface area contributed by atoms with Gasteiger partial charge in [0.05, 0.1) is 5.57 Å². The minimum absolute atomic E-state index is 0. The lowest BCUT2D eigenvalue weighted by molar-refractivity contribution is -0.187. The van der Waals surface area contributed by atoms with Gasteiger partial charge in [-0.2, -0.15) is 13.2 Å². The molecule has 2 rings (SSSR count). The largest absolute Gasteiger partial charge is 0.478 e. The summed E-state index contributed by atoms with van der Waals surface area (Å²) in [5.41, 5.74) is 0.0657. The van der Waals surface area contributed by atoms with Crippen LogP contribution < -0.4 is 4.74 Å². The number of aryl methyl sites for hydroxylation is 1. The van der Waals surface area contributed by atoms with Crippen molar-refractivity contribution in [3.8, 4) is 5.75 Å². The molecule has 1 atom stereocenters. The van der Waals surface area contributed by atoms with Crippen molar-refractivity contribution in [1.29, 1.82) is 0 Å². The summed E-state index contributed by atoms with van der Waals surface area (Å²) in [4.78, 5) is 10.9. The molecule has 1 aromatic carbocycles. The van der Waals surface area contributed by atoms with E-state index in [9.17, 15) is 18.0 Å². The quantitative estimate of drug-likeness (QED) is 0.781. The van der Waals surface area contributed by atoms with E-state index in [0.29, 0.717) is 11.1 Å². The van der Waals surface area contributed by atoms with E-state index in [1.807, 2.05) is 0 Å². The van der Waals surface area contributed by atoms with Crippen molar-refractivity contribution in [1.82, 2.24) is 0 Å². The van der Waals surface area contributed by atoms with Gasteiger partial charge in [-0.1, -0.05) is 18.2 Å². The zero-order valence-corrected chi connectivity index (χ0v) is 11.3. The zero-order chi connectivity index (χ0) is 13.5. The second-order valence-corrected chi connectivity index (χ2v) is 3.94. The Bertz CT molecular complexity index is 542. The molecule has 0 aromatic heterocycles. The van der Waals surface area contributed by atoms with Gasteiger partial charge in [0.25, 0.3) is 0 Å². The van der Waals surface area contributed by atoms with Gasteiger partial charge in [-0.3, -0.25) is 23.5 Å². The molecular formula is C12H14F8O3. The number of carboxylic acids is 1. The lowest BCUT2D eigenvalue weighted by Crippen LogP contribution is -2.40. The monoisotopic (exact) mass is 358 g/mol. The fourth-order valence-electron chi connectivity index (χ4n) is 1.79. The Morgan fingerprint density at radius 2 is 1.65 bits per heavy atom. The van der Waals surface area contributed by atoms with Crippen LogP contribution in [0.4, 0.5) is 36.7 Å². The van der Waals surface area contributed by atoms with Crippen molar-refractivity contribution in [2.45, 2.75) is 19.2 Å². The van der Waals surface area contributed by atoms with Gasteiger partial charge in [-0.05, 0) is 18.6 Å². The number of carboxylic acid groups (broad SMARTS) is 1. The summed E-state index contributed by atoms with van der Waals surface area (Å²) in [6.45, 7) is 1.60. The third-order valence-electron chi connectivity index (χ3n) is 2.62. The van der Waals surface area contributed by atoms with E-state index < -0.39 is 23.8 Å². The van der Waals surface area contributed by atoms with Gasteiger partial charge < -0.3 is 9.84 Å². The number of fused-ring (bicyclic) bond motifs is 1. The highest BCUT2D eigenvalue weighted by molar-refractivity contribution is 5.95. The summed E-state index contributed by atoms with van der Waals surface area (Å²) >= 11 is 0. The number of rotatable bonds is 1. The van der Waals surface area contributed by atoms with Gasteiger partial charge in [-0.25, -0.2) is 4.79 Å². The molecule has 3 nitrogen and oxygen atoms in total. The molecule has 0 spiro atoms. The van der Waals surface area contributed by atoms with Gasteiger partial charge in [0.1, 0.15) is 5.75 Å². The number of carbonyl (C=O) groups is 1. The maximum absolute atomic E-state index is 12.7. The Kier molecular flexibility index (Phi) is 12.1. The molecule has 136 valence electrons. The number of benzene rings is 1. The first kappa shape index (κ1) is 28.8. The second-order valence-electron chi connectivity index (χ2n) is 3.94. The minimum Gasteiger partial charge on any atom is -0.478 e. The first-order valence-electron chi connectivity index (χ1n) is 5.08. The number of aliphatic carboxylic acids is 1. The van der Waals surface area contributed by atoms with Crippen molar-refractivity contribution in [3.05, 3.63) is 34.9 Å². The van der Waals surface area contributed by atoms with Crippen LogP contribution in [0.25, 0.3) is 6.08 Å². The maximum atomic E-state index is 12.7. The molecule has 11 heteroatoms. The van der Waals surface area contributed by atoms with E-state index in [0.717, 1.165) is 6.08 Å². The fraction of sp³-hybridized carbons (Fsp3) is 0.250. The van der Waals surface area contributed by atoms with E-state index in [1.165, 1.54) is 6.07 Å². The molecule has 0 aliphatic carbocycles. The van der Waals surface area contributed by atoms with E-state index >= 15 is 0 Å². The van der Waals surface area contributed by atoms with Crippen LogP contribution in [0, 0.1) is 6.92 Å². The number of ether oxygens (including phenoxy) is 1. The number of halogens is 8. The molecule has 1 aliphatic heterocycles. The topological polar surface area (TPSA) is 46.5 Å². The highest BCUT2D eigenvalue weighted by Crippen LogP contribution is 2.38. The van der Waals surface area contributed by atoms with Gasteiger partial charge in [0.15, 0.2) is 0 Å².